The lowest BCUT2D eigenvalue weighted by molar-refractivity contribution is -0.134. The first-order valence-corrected chi connectivity index (χ1v) is 9.11. The van der Waals surface area contributed by atoms with Crippen molar-refractivity contribution < 1.29 is 13.9 Å². The molecule has 1 aliphatic carbocycles. The van der Waals surface area contributed by atoms with Crippen LogP contribution in [0.4, 0.5) is 4.39 Å². The van der Waals surface area contributed by atoms with Crippen molar-refractivity contribution in [2.45, 2.75) is 71.6 Å². The minimum absolute atomic E-state index is 0.245. The van der Waals surface area contributed by atoms with Gasteiger partial charge in [-0.3, -0.25) is 4.79 Å². The van der Waals surface area contributed by atoms with Gasteiger partial charge in [0.15, 0.2) is 0 Å². The van der Waals surface area contributed by atoms with E-state index in [1.807, 2.05) is 6.92 Å². The molecule has 1 saturated carbocycles. The van der Waals surface area contributed by atoms with Gasteiger partial charge in [-0.05, 0) is 36.3 Å². The van der Waals surface area contributed by atoms with Gasteiger partial charge < -0.3 is 4.74 Å². The summed E-state index contributed by atoms with van der Waals surface area (Å²) in [6.07, 6.45) is 9.25. The van der Waals surface area contributed by atoms with Crippen LogP contribution in [0.15, 0.2) is 18.2 Å². The van der Waals surface area contributed by atoms with Gasteiger partial charge in [0.05, 0.1) is 0 Å². The van der Waals surface area contributed by atoms with Crippen molar-refractivity contribution in [1.29, 1.82) is 0 Å². The van der Waals surface area contributed by atoms with Gasteiger partial charge in [0, 0.05) is 12.5 Å². The predicted octanol–water partition coefficient (Wildman–Crippen LogP) is 5.68. The number of hydrogen-bond donors (Lipinski definition) is 0. The van der Waals surface area contributed by atoms with E-state index in [9.17, 15) is 9.18 Å². The lowest BCUT2D eigenvalue weighted by Gasteiger charge is -2.27. The molecule has 0 atom stereocenters. The summed E-state index contributed by atoms with van der Waals surface area (Å²) < 4.78 is 19.1. The number of ether oxygens (including phenoxy) is 1. The molecular weight excluding hydrogens is 291 g/mol. The molecule has 1 aromatic carbocycles. The Balaban J connectivity index is 1.75. The molecule has 0 spiro atoms. The SMILES string of the molecule is CCCc1ccc(OC(=O)CCC2CCC(CC)CC2)cc1F. The van der Waals surface area contributed by atoms with Gasteiger partial charge in [0.2, 0.25) is 0 Å². The maximum atomic E-state index is 13.8. The lowest BCUT2D eigenvalue weighted by atomic mass is 9.79. The van der Waals surface area contributed by atoms with Crippen LogP contribution in [-0.2, 0) is 11.2 Å². The van der Waals surface area contributed by atoms with Gasteiger partial charge in [-0.25, -0.2) is 4.39 Å². The normalized spacial score (nSPS) is 21.2. The highest BCUT2D eigenvalue weighted by atomic mass is 19.1. The number of rotatable bonds is 7. The van der Waals surface area contributed by atoms with Crippen LogP contribution in [-0.4, -0.2) is 5.97 Å². The van der Waals surface area contributed by atoms with E-state index in [0.29, 0.717) is 30.1 Å². The Morgan fingerprint density at radius 1 is 1.17 bits per heavy atom. The lowest BCUT2D eigenvalue weighted by Crippen LogP contribution is -2.16. The van der Waals surface area contributed by atoms with Crippen molar-refractivity contribution in [2.75, 3.05) is 0 Å². The van der Waals surface area contributed by atoms with Crippen LogP contribution in [0.1, 0.15) is 70.8 Å². The molecule has 0 bridgehead atoms. The van der Waals surface area contributed by atoms with E-state index < -0.39 is 0 Å². The highest BCUT2D eigenvalue weighted by Gasteiger charge is 2.21. The fourth-order valence-electron chi connectivity index (χ4n) is 3.50. The summed E-state index contributed by atoms with van der Waals surface area (Å²) in [5.74, 6) is 1.32. The van der Waals surface area contributed by atoms with Gasteiger partial charge in [0.1, 0.15) is 11.6 Å². The molecule has 0 aliphatic heterocycles. The number of benzene rings is 1. The first kappa shape index (κ1) is 18.0. The molecule has 0 amide bonds. The summed E-state index contributed by atoms with van der Waals surface area (Å²) in [7, 11) is 0. The summed E-state index contributed by atoms with van der Waals surface area (Å²) in [6.45, 7) is 4.27. The zero-order valence-corrected chi connectivity index (χ0v) is 14.4. The first-order valence-electron chi connectivity index (χ1n) is 9.11. The average molecular weight is 320 g/mol. The third-order valence-corrected chi connectivity index (χ3v) is 5.08. The fourth-order valence-corrected chi connectivity index (χ4v) is 3.50. The molecule has 0 unspecified atom stereocenters. The Labute approximate surface area is 139 Å². The second-order valence-corrected chi connectivity index (χ2v) is 6.81. The molecule has 2 rings (SSSR count). The second-order valence-electron chi connectivity index (χ2n) is 6.81. The van der Waals surface area contributed by atoms with Crippen LogP contribution in [0.25, 0.3) is 0 Å². The van der Waals surface area contributed by atoms with Gasteiger partial charge in [-0.1, -0.05) is 58.4 Å². The molecule has 1 aliphatic rings. The standard InChI is InChI=1S/C20H29FO2/c1-3-5-17-11-12-18(14-19(17)21)23-20(22)13-10-16-8-6-15(4-2)7-9-16/h11-12,14-16H,3-10,13H2,1-2H3. The van der Waals surface area contributed by atoms with Gasteiger partial charge in [-0.2, -0.15) is 0 Å². The topological polar surface area (TPSA) is 26.3 Å². The monoisotopic (exact) mass is 320 g/mol. The predicted molar refractivity (Wildman–Crippen MR) is 91.0 cm³/mol. The number of halogens is 1. The Kier molecular flexibility index (Phi) is 7.07. The van der Waals surface area contributed by atoms with E-state index in [1.165, 1.54) is 38.2 Å². The maximum absolute atomic E-state index is 13.8. The zero-order valence-electron chi connectivity index (χ0n) is 14.4. The molecule has 128 valence electrons. The van der Waals surface area contributed by atoms with E-state index in [-0.39, 0.29) is 11.8 Å². The van der Waals surface area contributed by atoms with Crippen LogP contribution in [0.2, 0.25) is 0 Å². The van der Waals surface area contributed by atoms with Crippen molar-refractivity contribution in [3.63, 3.8) is 0 Å². The Bertz CT molecular complexity index is 504. The minimum Gasteiger partial charge on any atom is -0.426 e. The summed E-state index contributed by atoms with van der Waals surface area (Å²) in [4.78, 5) is 12.0. The quantitative estimate of drug-likeness (QED) is 0.477. The van der Waals surface area contributed by atoms with E-state index in [2.05, 4.69) is 6.92 Å². The van der Waals surface area contributed by atoms with Crippen LogP contribution >= 0.6 is 0 Å². The van der Waals surface area contributed by atoms with Crippen molar-refractivity contribution in [2.24, 2.45) is 11.8 Å². The number of carbonyl (C=O) groups is 1. The number of carbonyl (C=O) groups excluding carboxylic acids is 1. The van der Waals surface area contributed by atoms with E-state index in [1.54, 1.807) is 12.1 Å². The summed E-state index contributed by atoms with van der Waals surface area (Å²) in [6, 6.07) is 4.74. The molecular formula is C20H29FO2. The van der Waals surface area contributed by atoms with Crippen LogP contribution < -0.4 is 4.74 Å². The van der Waals surface area contributed by atoms with Crippen LogP contribution in [0, 0.1) is 17.7 Å². The van der Waals surface area contributed by atoms with E-state index in [0.717, 1.165) is 18.8 Å². The van der Waals surface area contributed by atoms with Crippen molar-refractivity contribution >= 4 is 5.97 Å². The molecule has 2 nitrogen and oxygen atoms in total. The number of aryl methyl sites for hydroxylation is 1. The van der Waals surface area contributed by atoms with Crippen molar-refractivity contribution in [3.8, 4) is 5.75 Å². The summed E-state index contributed by atoms with van der Waals surface area (Å²) in [5, 5.41) is 0. The molecule has 0 saturated heterocycles. The fraction of sp³-hybridized carbons (Fsp3) is 0.650. The van der Waals surface area contributed by atoms with E-state index >= 15 is 0 Å². The molecule has 3 heteroatoms. The van der Waals surface area contributed by atoms with Crippen molar-refractivity contribution in [3.05, 3.63) is 29.6 Å². The molecule has 1 aromatic rings. The largest absolute Gasteiger partial charge is 0.426 e. The number of hydrogen-bond acceptors (Lipinski definition) is 2. The summed E-state index contributed by atoms with van der Waals surface area (Å²) in [5.41, 5.74) is 0.681. The zero-order chi connectivity index (χ0) is 16.7. The van der Waals surface area contributed by atoms with Crippen LogP contribution in [0.5, 0.6) is 5.75 Å². The molecule has 0 aromatic heterocycles. The first-order chi connectivity index (χ1) is 11.1. The average Bonchev–Trinajstić information content (AvgIpc) is 2.56. The smallest absolute Gasteiger partial charge is 0.311 e. The van der Waals surface area contributed by atoms with Gasteiger partial charge in [-0.15, -0.1) is 0 Å². The molecule has 1 fully saturated rings. The molecule has 23 heavy (non-hydrogen) atoms. The van der Waals surface area contributed by atoms with Gasteiger partial charge >= 0.3 is 5.97 Å². The van der Waals surface area contributed by atoms with E-state index in [4.69, 9.17) is 4.74 Å². The van der Waals surface area contributed by atoms with Crippen LogP contribution in [0.3, 0.4) is 0 Å². The maximum Gasteiger partial charge on any atom is 0.311 e. The minimum atomic E-state index is -0.282. The summed E-state index contributed by atoms with van der Waals surface area (Å²) >= 11 is 0. The van der Waals surface area contributed by atoms with Gasteiger partial charge in [0.25, 0.3) is 0 Å². The molecule has 0 N–H and O–H groups in total. The highest BCUT2D eigenvalue weighted by Crippen LogP contribution is 2.33. The Hall–Kier alpha value is -1.38. The Morgan fingerprint density at radius 2 is 1.87 bits per heavy atom. The second kappa shape index (κ2) is 9.05. The Morgan fingerprint density at radius 3 is 2.48 bits per heavy atom. The third-order valence-electron chi connectivity index (χ3n) is 5.08. The van der Waals surface area contributed by atoms with Crippen molar-refractivity contribution in [1.82, 2.24) is 0 Å². The molecule has 0 heterocycles. The highest BCUT2D eigenvalue weighted by molar-refractivity contribution is 5.72. The third kappa shape index (κ3) is 5.63. The number of esters is 1. The molecule has 0 radical (unpaired) electrons.